The number of hydrogen-bond acceptors (Lipinski definition) is 7. The molecule has 2 N–H and O–H groups in total. The molecule has 1 aliphatic rings. The van der Waals surface area contributed by atoms with E-state index in [2.05, 4.69) is 15.9 Å². The highest BCUT2D eigenvalue weighted by Gasteiger charge is 2.36. The maximum absolute atomic E-state index is 11.1. The second-order valence-corrected chi connectivity index (χ2v) is 8.95. The molecule has 1 atom stereocenters. The third-order valence-electron chi connectivity index (χ3n) is 5.23. The standard InChI is InChI=1S/C24H26BrClO8/c1-30-12-32-20-8-6-18(26)23(33-13-31-2)22(20)19(27)7-4-14-3-5-16(25)11-21(14)34-17-9-15(10-17)24(28)29/h3-8,11,15,17,19,27H,9-10,12-13H2,1-2H3,(H,28,29)/b7-4+. The average molecular weight is 558 g/mol. The van der Waals surface area contributed by atoms with Gasteiger partial charge < -0.3 is 33.9 Å². The van der Waals surface area contributed by atoms with Crippen LogP contribution in [0.25, 0.3) is 6.08 Å². The van der Waals surface area contributed by atoms with Gasteiger partial charge in [-0.2, -0.15) is 0 Å². The van der Waals surface area contributed by atoms with Gasteiger partial charge in [0.15, 0.2) is 19.3 Å². The lowest BCUT2D eigenvalue weighted by Gasteiger charge is -2.33. The Labute approximate surface area is 211 Å². The summed E-state index contributed by atoms with van der Waals surface area (Å²) in [6, 6.07) is 8.70. The zero-order valence-corrected chi connectivity index (χ0v) is 21.0. The number of carboxylic acids is 1. The van der Waals surface area contributed by atoms with Crippen molar-refractivity contribution in [1.29, 1.82) is 0 Å². The molecule has 34 heavy (non-hydrogen) atoms. The smallest absolute Gasteiger partial charge is 0.306 e. The summed E-state index contributed by atoms with van der Waals surface area (Å²) in [6.45, 7) is -0.0987. The van der Waals surface area contributed by atoms with E-state index in [-0.39, 0.29) is 36.4 Å². The van der Waals surface area contributed by atoms with E-state index in [1.54, 1.807) is 30.4 Å². The van der Waals surface area contributed by atoms with Crippen molar-refractivity contribution in [3.05, 3.63) is 57.0 Å². The number of methoxy groups -OCH3 is 2. The van der Waals surface area contributed by atoms with Crippen molar-refractivity contribution in [2.24, 2.45) is 5.92 Å². The van der Waals surface area contributed by atoms with Gasteiger partial charge in [0.25, 0.3) is 0 Å². The van der Waals surface area contributed by atoms with Crippen LogP contribution in [0.3, 0.4) is 0 Å². The summed E-state index contributed by atoms with van der Waals surface area (Å²) in [6.07, 6.45) is 2.85. The van der Waals surface area contributed by atoms with Crippen LogP contribution in [-0.4, -0.2) is 50.1 Å². The summed E-state index contributed by atoms with van der Waals surface area (Å²) in [7, 11) is 2.97. The Bertz CT molecular complexity index is 1020. The fourth-order valence-electron chi connectivity index (χ4n) is 3.43. The van der Waals surface area contributed by atoms with Crippen molar-refractivity contribution in [1.82, 2.24) is 0 Å². The van der Waals surface area contributed by atoms with Crippen LogP contribution in [0.4, 0.5) is 0 Å². The number of rotatable bonds is 12. The zero-order chi connectivity index (χ0) is 24.7. The molecule has 1 aliphatic carbocycles. The van der Waals surface area contributed by atoms with Crippen LogP contribution < -0.4 is 14.2 Å². The number of hydrogen-bond donors (Lipinski definition) is 2. The molecule has 3 rings (SSSR count). The van der Waals surface area contributed by atoms with Crippen molar-refractivity contribution in [2.75, 3.05) is 27.8 Å². The highest BCUT2D eigenvalue weighted by atomic mass is 79.9. The van der Waals surface area contributed by atoms with Gasteiger partial charge in [-0.1, -0.05) is 45.7 Å². The van der Waals surface area contributed by atoms with Crippen LogP contribution in [-0.2, 0) is 14.3 Å². The molecule has 2 aromatic carbocycles. The highest BCUT2D eigenvalue weighted by molar-refractivity contribution is 9.10. The van der Waals surface area contributed by atoms with Crippen molar-refractivity contribution in [2.45, 2.75) is 25.0 Å². The summed E-state index contributed by atoms with van der Waals surface area (Å²) < 4.78 is 28.0. The van der Waals surface area contributed by atoms with Gasteiger partial charge in [-0.25, -0.2) is 0 Å². The lowest BCUT2D eigenvalue weighted by atomic mass is 9.82. The predicted molar refractivity (Wildman–Crippen MR) is 129 cm³/mol. The van der Waals surface area contributed by atoms with Gasteiger partial charge in [0.2, 0.25) is 0 Å². The summed E-state index contributed by atoms with van der Waals surface area (Å²) in [4.78, 5) is 11.1. The van der Waals surface area contributed by atoms with Gasteiger partial charge in [0.05, 0.1) is 16.5 Å². The van der Waals surface area contributed by atoms with Crippen LogP contribution in [0.1, 0.15) is 30.1 Å². The Balaban J connectivity index is 1.86. The monoisotopic (exact) mass is 556 g/mol. The van der Waals surface area contributed by atoms with E-state index in [1.807, 2.05) is 12.1 Å². The van der Waals surface area contributed by atoms with Crippen LogP contribution in [0.15, 0.2) is 40.9 Å². The molecule has 0 bridgehead atoms. The van der Waals surface area contributed by atoms with Crippen LogP contribution >= 0.6 is 27.5 Å². The van der Waals surface area contributed by atoms with E-state index in [0.29, 0.717) is 35.5 Å². The van der Waals surface area contributed by atoms with Crippen molar-refractivity contribution in [3.8, 4) is 17.2 Å². The Morgan fingerprint density at radius 2 is 1.85 bits per heavy atom. The summed E-state index contributed by atoms with van der Waals surface area (Å²) in [5, 5.41) is 20.4. The van der Waals surface area contributed by atoms with Gasteiger partial charge in [0, 0.05) is 24.3 Å². The van der Waals surface area contributed by atoms with Crippen LogP contribution in [0.5, 0.6) is 17.2 Å². The van der Waals surface area contributed by atoms with E-state index in [0.717, 1.165) is 4.47 Å². The normalized spacial score (nSPS) is 18.4. The quantitative estimate of drug-likeness (QED) is 0.349. The van der Waals surface area contributed by atoms with E-state index < -0.39 is 12.1 Å². The predicted octanol–water partition coefficient (Wildman–Crippen LogP) is 5.06. The highest BCUT2D eigenvalue weighted by Crippen LogP contribution is 2.41. The van der Waals surface area contributed by atoms with Gasteiger partial charge in [-0.3, -0.25) is 4.79 Å². The Hall–Kier alpha value is -2.30. The second-order valence-electron chi connectivity index (χ2n) is 7.62. The molecular weight excluding hydrogens is 532 g/mol. The lowest BCUT2D eigenvalue weighted by molar-refractivity contribution is -0.147. The molecule has 0 aliphatic heterocycles. The maximum Gasteiger partial charge on any atom is 0.306 e. The number of aliphatic carboxylic acids is 1. The fraction of sp³-hybridized carbons (Fsp3) is 0.375. The van der Waals surface area contributed by atoms with E-state index in [1.165, 1.54) is 14.2 Å². The van der Waals surface area contributed by atoms with Crippen molar-refractivity contribution >= 4 is 39.6 Å². The topological polar surface area (TPSA) is 104 Å². The van der Waals surface area contributed by atoms with Gasteiger partial charge in [0.1, 0.15) is 23.7 Å². The minimum absolute atomic E-state index is 0.0296. The molecule has 1 saturated carbocycles. The largest absolute Gasteiger partial charge is 0.490 e. The first kappa shape index (κ1) is 26.3. The van der Waals surface area contributed by atoms with Gasteiger partial charge in [-0.05, 0) is 37.1 Å². The van der Waals surface area contributed by atoms with Crippen LogP contribution in [0, 0.1) is 5.92 Å². The first-order valence-electron chi connectivity index (χ1n) is 10.4. The zero-order valence-electron chi connectivity index (χ0n) is 18.7. The minimum atomic E-state index is -1.14. The SMILES string of the molecule is COCOc1ccc(Cl)c(OCOC)c1C(O)/C=C/c1ccc(Br)cc1OC1CC(C(=O)O)C1. The van der Waals surface area contributed by atoms with Crippen LogP contribution in [0.2, 0.25) is 5.02 Å². The Morgan fingerprint density at radius 1 is 1.15 bits per heavy atom. The van der Waals surface area contributed by atoms with Gasteiger partial charge in [-0.15, -0.1) is 0 Å². The van der Waals surface area contributed by atoms with Crippen molar-refractivity contribution in [3.63, 3.8) is 0 Å². The molecule has 0 amide bonds. The van der Waals surface area contributed by atoms with E-state index in [9.17, 15) is 9.90 Å². The molecule has 0 heterocycles. The number of carbonyl (C=O) groups is 1. The first-order chi connectivity index (χ1) is 16.3. The third kappa shape index (κ3) is 6.64. The molecule has 1 fully saturated rings. The Kier molecular flexibility index (Phi) is 9.61. The molecule has 184 valence electrons. The second kappa shape index (κ2) is 12.4. The molecule has 0 saturated heterocycles. The fourth-order valence-corrected chi connectivity index (χ4v) is 3.99. The molecule has 0 spiro atoms. The molecule has 0 aromatic heterocycles. The van der Waals surface area contributed by atoms with Crippen molar-refractivity contribution < 1.29 is 38.7 Å². The molecule has 1 unspecified atom stereocenters. The summed E-state index contributed by atoms with van der Waals surface area (Å²) in [5.41, 5.74) is 1.03. The Morgan fingerprint density at radius 3 is 2.53 bits per heavy atom. The summed E-state index contributed by atoms with van der Waals surface area (Å²) in [5.74, 6) is -0.0372. The van der Waals surface area contributed by atoms with E-state index in [4.69, 9.17) is 40.4 Å². The number of halogens is 2. The van der Waals surface area contributed by atoms with E-state index >= 15 is 0 Å². The molecule has 0 radical (unpaired) electrons. The molecule has 8 nitrogen and oxygen atoms in total. The van der Waals surface area contributed by atoms with Gasteiger partial charge >= 0.3 is 5.97 Å². The molecular formula is C24H26BrClO8. The average Bonchev–Trinajstić information content (AvgIpc) is 2.78. The number of aliphatic hydroxyl groups is 1. The number of aliphatic hydroxyl groups excluding tert-OH is 1. The molecule has 2 aromatic rings. The maximum atomic E-state index is 11.1. The third-order valence-corrected chi connectivity index (χ3v) is 6.02. The first-order valence-corrected chi connectivity index (χ1v) is 11.6. The summed E-state index contributed by atoms with van der Waals surface area (Å²) >= 11 is 9.75. The number of benzene rings is 2. The number of carboxylic acid groups (broad SMARTS) is 1. The lowest BCUT2D eigenvalue weighted by Crippen LogP contribution is -2.38. The minimum Gasteiger partial charge on any atom is -0.490 e. The molecule has 10 heteroatoms. The number of ether oxygens (including phenoxy) is 5.